The number of aliphatic hydroxyl groups excluding tert-OH is 1. The molecule has 4 nitrogen and oxygen atoms in total. The van der Waals surface area contributed by atoms with Crippen molar-refractivity contribution >= 4 is 5.91 Å². The van der Waals surface area contributed by atoms with Gasteiger partial charge in [0.25, 0.3) is 0 Å². The van der Waals surface area contributed by atoms with E-state index in [1.54, 1.807) is 13.8 Å². The van der Waals surface area contributed by atoms with Crippen molar-refractivity contribution in [1.82, 2.24) is 5.32 Å². The van der Waals surface area contributed by atoms with Gasteiger partial charge in [-0.15, -0.1) is 0 Å². The van der Waals surface area contributed by atoms with Crippen LogP contribution in [0.4, 0.5) is 0 Å². The quantitative estimate of drug-likeness (QED) is 0.778. The van der Waals surface area contributed by atoms with Gasteiger partial charge in [0, 0.05) is 6.54 Å². The molecule has 1 unspecified atom stereocenters. The molecule has 0 saturated heterocycles. The number of hydrogen-bond donors (Lipinski definition) is 2. The van der Waals surface area contributed by atoms with Crippen LogP contribution >= 0.6 is 0 Å². The SMILES string of the molecule is CC(OCc1ccccc1)C(=O)NC[C@@H](C)O. The van der Waals surface area contributed by atoms with E-state index in [9.17, 15) is 4.79 Å². The molecule has 0 aliphatic heterocycles. The summed E-state index contributed by atoms with van der Waals surface area (Å²) in [6.45, 7) is 3.97. The van der Waals surface area contributed by atoms with Crippen LogP contribution in [0.15, 0.2) is 30.3 Å². The molecule has 0 saturated carbocycles. The summed E-state index contributed by atoms with van der Waals surface area (Å²) in [5.41, 5.74) is 1.03. The van der Waals surface area contributed by atoms with Crippen molar-refractivity contribution in [3.63, 3.8) is 0 Å². The summed E-state index contributed by atoms with van der Waals surface area (Å²) >= 11 is 0. The normalized spacial score (nSPS) is 14.1. The van der Waals surface area contributed by atoms with E-state index in [0.29, 0.717) is 6.61 Å². The number of carbonyl (C=O) groups excluding carboxylic acids is 1. The van der Waals surface area contributed by atoms with E-state index in [-0.39, 0.29) is 12.5 Å². The molecule has 1 aromatic rings. The van der Waals surface area contributed by atoms with Crippen LogP contribution in [-0.4, -0.2) is 29.8 Å². The summed E-state index contributed by atoms with van der Waals surface area (Å²) < 4.78 is 5.43. The number of nitrogens with one attached hydrogen (secondary N) is 1. The molecule has 2 N–H and O–H groups in total. The van der Waals surface area contributed by atoms with E-state index in [4.69, 9.17) is 9.84 Å². The third-order valence-electron chi connectivity index (χ3n) is 2.28. The molecule has 1 rings (SSSR count). The fourth-order valence-electron chi connectivity index (χ4n) is 1.26. The molecule has 0 fully saturated rings. The minimum Gasteiger partial charge on any atom is -0.392 e. The average molecular weight is 237 g/mol. The van der Waals surface area contributed by atoms with Crippen LogP contribution in [-0.2, 0) is 16.1 Å². The number of rotatable bonds is 6. The van der Waals surface area contributed by atoms with E-state index >= 15 is 0 Å². The van der Waals surface area contributed by atoms with E-state index in [0.717, 1.165) is 5.56 Å². The van der Waals surface area contributed by atoms with Gasteiger partial charge >= 0.3 is 0 Å². The largest absolute Gasteiger partial charge is 0.392 e. The number of ether oxygens (including phenoxy) is 1. The van der Waals surface area contributed by atoms with Crippen molar-refractivity contribution in [2.24, 2.45) is 0 Å². The zero-order chi connectivity index (χ0) is 12.7. The second-order valence-electron chi connectivity index (χ2n) is 4.03. The van der Waals surface area contributed by atoms with E-state index < -0.39 is 12.2 Å². The highest BCUT2D eigenvalue weighted by atomic mass is 16.5. The Balaban J connectivity index is 2.29. The Bertz CT molecular complexity index is 338. The summed E-state index contributed by atoms with van der Waals surface area (Å²) in [6, 6.07) is 9.68. The zero-order valence-electron chi connectivity index (χ0n) is 10.2. The maximum absolute atomic E-state index is 11.5. The predicted molar refractivity (Wildman–Crippen MR) is 65.4 cm³/mol. The van der Waals surface area contributed by atoms with Crippen LogP contribution < -0.4 is 5.32 Å². The molecule has 0 aromatic heterocycles. The molecule has 0 spiro atoms. The Morgan fingerprint density at radius 2 is 2.00 bits per heavy atom. The van der Waals surface area contributed by atoms with Crippen molar-refractivity contribution in [2.45, 2.75) is 32.7 Å². The van der Waals surface area contributed by atoms with Gasteiger partial charge in [-0.05, 0) is 19.4 Å². The van der Waals surface area contributed by atoms with Gasteiger partial charge < -0.3 is 15.2 Å². The molecule has 17 heavy (non-hydrogen) atoms. The summed E-state index contributed by atoms with van der Waals surface area (Å²) in [5, 5.41) is 11.6. The fourth-order valence-corrected chi connectivity index (χ4v) is 1.26. The lowest BCUT2D eigenvalue weighted by atomic mass is 10.2. The first-order chi connectivity index (χ1) is 8.09. The Labute approximate surface area is 102 Å². The van der Waals surface area contributed by atoms with Crippen molar-refractivity contribution < 1.29 is 14.6 Å². The lowest BCUT2D eigenvalue weighted by Gasteiger charge is -2.14. The molecule has 0 radical (unpaired) electrons. The molecular weight excluding hydrogens is 218 g/mol. The van der Waals surface area contributed by atoms with Crippen LogP contribution in [0.2, 0.25) is 0 Å². The summed E-state index contributed by atoms with van der Waals surface area (Å²) in [5.74, 6) is -0.207. The average Bonchev–Trinajstić information content (AvgIpc) is 2.34. The van der Waals surface area contributed by atoms with Crippen LogP contribution in [0.3, 0.4) is 0 Å². The van der Waals surface area contributed by atoms with Gasteiger partial charge in [-0.25, -0.2) is 0 Å². The smallest absolute Gasteiger partial charge is 0.248 e. The zero-order valence-corrected chi connectivity index (χ0v) is 10.2. The number of amides is 1. The highest BCUT2D eigenvalue weighted by Gasteiger charge is 2.13. The van der Waals surface area contributed by atoms with Crippen molar-refractivity contribution in [3.8, 4) is 0 Å². The van der Waals surface area contributed by atoms with Gasteiger partial charge in [-0.1, -0.05) is 30.3 Å². The van der Waals surface area contributed by atoms with Crippen LogP contribution in [0.5, 0.6) is 0 Å². The summed E-state index contributed by atoms with van der Waals surface area (Å²) in [6.07, 6.45) is -1.06. The molecule has 0 aliphatic carbocycles. The van der Waals surface area contributed by atoms with Gasteiger partial charge in [0.15, 0.2) is 0 Å². The monoisotopic (exact) mass is 237 g/mol. The van der Waals surface area contributed by atoms with Crippen molar-refractivity contribution in [2.75, 3.05) is 6.54 Å². The number of benzene rings is 1. The standard InChI is InChI=1S/C13H19NO3/c1-10(15)8-14-13(16)11(2)17-9-12-6-4-3-5-7-12/h3-7,10-11,15H,8-9H2,1-2H3,(H,14,16)/t10-,11?/m1/s1. The molecule has 1 amide bonds. The summed E-state index contributed by atoms with van der Waals surface area (Å²) in [4.78, 5) is 11.5. The van der Waals surface area contributed by atoms with E-state index in [1.165, 1.54) is 0 Å². The molecule has 0 heterocycles. The maximum atomic E-state index is 11.5. The minimum absolute atomic E-state index is 0.207. The topological polar surface area (TPSA) is 58.6 Å². The molecule has 94 valence electrons. The van der Waals surface area contributed by atoms with Gasteiger partial charge in [-0.3, -0.25) is 4.79 Å². The fraction of sp³-hybridized carbons (Fsp3) is 0.462. The highest BCUT2D eigenvalue weighted by molar-refractivity contribution is 5.80. The van der Waals surface area contributed by atoms with Crippen LogP contribution in [0.25, 0.3) is 0 Å². The maximum Gasteiger partial charge on any atom is 0.248 e. The van der Waals surface area contributed by atoms with Crippen LogP contribution in [0.1, 0.15) is 19.4 Å². The third-order valence-corrected chi connectivity index (χ3v) is 2.28. The minimum atomic E-state index is -0.541. The van der Waals surface area contributed by atoms with Crippen LogP contribution in [0, 0.1) is 0 Å². The summed E-state index contributed by atoms with van der Waals surface area (Å²) in [7, 11) is 0. The molecule has 2 atom stereocenters. The van der Waals surface area contributed by atoms with E-state index in [1.807, 2.05) is 30.3 Å². The molecular formula is C13H19NO3. The Hall–Kier alpha value is -1.39. The molecule has 1 aromatic carbocycles. The number of hydrogen-bond acceptors (Lipinski definition) is 3. The number of carbonyl (C=O) groups is 1. The number of aliphatic hydroxyl groups is 1. The van der Waals surface area contributed by atoms with Gasteiger partial charge in [0.1, 0.15) is 6.10 Å². The van der Waals surface area contributed by atoms with Crippen molar-refractivity contribution in [1.29, 1.82) is 0 Å². The highest BCUT2D eigenvalue weighted by Crippen LogP contribution is 2.03. The second-order valence-corrected chi connectivity index (χ2v) is 4.03. The van der Waals surface area contributed by atoms with Gasteiger partial charge in [-0.2, -0.15) is 0 Å². The lowest BCUT2D eigenvalue weighted by Crippen LogP contribution is -2.38. The predicted octanol–water partition coefficient (Wildman–Crippen LogP) is 1.09. The van der Waals surface area contributed by atoms with Gasteiger partial charge in [0.2, 0.25) is 5.91 Å². The van der Waals surface area contributed by atoms with Crippen molar-refractivity contribution in [3.05, 3.63) is 35.9 Å². The van der Waals surface area contributed by atoms with Gasteiger partial charge in [0.05, 0.1) is 12.7 Å². The Kier molecular flexibility index (Phi) is 5.66. The molecule has 0 bridgehead atoms. The lowest BCUT2D eigenvalue weighted by molar-refractivity contribution is -0.132. The third kappa shape index (κ3) is 5.47. The first-order valence-electron chi connectivity index (χ1n) is 5.71. The first kappa shape index (κ1) is 13.7. The Morgan fingerprint density at radius 3 is 2.59 bits per heavy atom. The molecule has 0 aliphatic rings. The molecule has 4 heteroatoms. The Morgan fingerprint density at radius 1 is 1.35 bits per heavy atom. The second kappa shape index (κ2) is 7.04. The van der Waals surface area contributed by atoms with E-state index in [2.05, 4.69) is 5.32 Å². The first-order valence-corrected chi connectivity index (χ1v) is 5.71.